The van der Waals surface area contributed by atoms with Crippen molar-refractivity contribution >= 4 is 5.91 Å². The molecule has 110 valence electrons. The predicted octanol–water partition coefficient (Wildman–Crippen LogP) is 1.69. The van der Waals surface area contributed by atoms with E-state index in [0.717, 1.165) is 58.3 Å². The van der Waals surface area contributed by atoms with Crippen molar-refractivity contribution in [1.29, 1.82) is 0 Å². The summed E-state index contributed by atoms with van der Waals surface area (Å²) in [6, 6.07) is 1.96. The van der Waals surface area contributed by atoms with Crippen LogP contribution in [-0.2, 0) is 16.1 Å². The van der Waals surface area contributed by atoms with Crippen LogP contribution in [0.15, 0.2) is 18.5 Å². The van der Waals surface area contributed by atoms with E-state index in [-0.39, 0.29) is 12.0 Å². The normalized spacial score (nSPS) is 24.2. The predicted molar refractivity (Wildman–Crippen MR) is 75.1 cm³/mol. The van der Waals surface area contributed by atoms with E-state index in [2.05, 4.69) is 5.10 Å². The molecular formula is C15H23N3O2. The maximum Gasteiger partial charge on any atom is 0.251 e. The summed E-state index contributed by atoms with van der Waals surface area (Å²) >= 11 is 0. The van der Waals surface area contributed by atoms with Crippen molar-refractivity contribution in [2.75, 3.05) is 19.7 Å². The zero-order valence-electron chi connectivity index (χ0n) is 11.9. The summed E-state index contributed by atoms with van der Waals surface area (Å²) in [5.74, 6) is 0.931. The molecule has 1 amide bonds. The Hall–Kier alpha value is -1.36. The van der Waals surface area contributed by atoms with E-state index in [4.69, 9.17) is 4.74 Å². The number of hydrogen-bond donors (Lipinski definition) is 0. The quantitative estimate of drug-likeness (QED) is 0.841. The SMILES string of the molecule is O=C(C1CCCO1)N1CCC(CCn2cccn2)CC1. The Morgan fingerprint density at radius 1 is 1.30 bits per heavy atom. The van der Waals surface area contributed by atoms with E-state index in [0.29, 0.717) is 5.92 Å². The monoisotopic (exact) mass is 277 g/mol. The number of rotatable bonds is 4. The average molecular weight is 277 g/mol. The number of piperidine rings is 1. The van der Waals surface area contributed by atoms with Gasteiger partial charge < -0.3 is 9.64 Å². The van der Waals surface area contributed by atoms with Gasteiger partial charge in [-0.2, -0.15) is 5.10 Å². The van der Waals surface area contributed by atoms with Gasteiger partial charge in [0.1, 0.15) is 6.10 Å². The largest absolute Gasteiger partial charge is 0.368 e. The van der Waals surface area contributed by atoms with Crippen LogP contribution in [0.3, 0.4) is 0 Å². The molecule has 0 radical (unpaired) electrons. The van der Waals surface area contributed by atoms with Gasteiger partial charge in [-0.15, -0.1) is 0 Å². The molecule has 2 saturated heterocycles. The van der Waals surface area contributed by atoms with Crippen LogP contribution in [0.5, 0.6) is 0 Å². The number of hydrogen-bond acceptors (Lipinski definition) is 3. The third-order valence-corrected chi connectivity index (χ3v) is 4.46. The first-order chi connectivity index (χ1) is 9.83. The van der Waals surface area contributed by atoms with E-state index < -0.39 is 0 Å². The summed E-state index contributed by atoms with van der Waals surface area (Å²) in [6.45, 7) is 3.51. The van der Waals surface area contributed by atoms with Gasteiger partial charge >= 0.3 is 0 Å². The molecule has 2 fully saturated rings. The molecule has 0 aliphatic carbocycles. The Morgan fingerprint density at radius 2 is 2.15 bits per heavy atom. The topological polar surface area (TPSA) is 47.4 Å². The number of nitrogens with zero attached hydrogens (tertiary/aromatic N) is 3. The van der Waals surface area contributed by atoms with Crippen LogP contribution in [0.1, 0.15) is 32.1 Å². The molecule has 1 unspecified atom stereocenters. The minimum atomic E-state index is -0.157. The van der Waals surface area contributed by atoms with Crippen molar-refractivity contribution in [2.45, 2.75) is 44.8 Å². The van der Waals surface area contributed by atoms with Crippen molar-refractivity contribution in [2.24, 2.45) is 5.92 Å². The lowest BCUT2D eigenvalue weighted by molar-refractivity contribution is -0.142. The molecule has 5 heteroatoms. The number of likely N-dealkylation sites (tertiary alicyclic amines) is 1. The highest BCUT2D eigenvalue weighted by molar-refractivity contribution is 5.81. The van der Waals surface area contributed by atoms with Crippen molar-refractivity contribution in [3.63, 3.8) is 0 Å². The third kappa shape index (κ3) is 3.20. The van der Waals surface area contributed by atoms with Gasteiger partial charge in [-0.3, -0.25) is 9.48 Å². The maximum absolute atomic E-state index is 12.2. The molecule has 0 N–H and O–H groups in total. The number of amides is 1. The van der Waals surface area contributed by atoms with Gasteiger partial charge in [-0.1, -0.05) is 0 Å². The van der Waals surface area contributed by atoms with Crippen LogP contribution in [0.25, 0.3) is 0 Å². The van der Waals surface area contributed by atoms with E-state index in [9.17, 15) is 4.79 Å². The van der Waals surface area contributed by atoms with Crippen molar-refractivity contribution in [3.05, 3.63) is 18.5 Å². The summed E-state index contributed by atoms with van der Waals surface area (Å²) in [5, 5.41) is 4.23. The van der Waals surface area contributed by atoms with Gasteiger partial charge in [0, 0.05) is 38.6 Å². The lowest BCUT2D eigenvalue weighted by atomic mass is 9.93. The summed E-state index contributed by atoms with van der Waals surface area (Å²) in [7, 11) is 0. The number of carbonyl (C=O) groups is 1. The molecule has 1 aromatic rings. The zero-order valence-corrected chi connectivity index (χ0v) is 11.9. The molecular weight excluding hydrogens is 254 g/mol. The number of carbonyl (C=O) groups excluding carboxylic acids is 1. The third-order valence-electron chi connectivity index (χ3n) is 4.46. The Kier molecular flexibility index (Phi) is 4.35. The van der Waals surface area contributed by atoms with Crippen LogP contribution in [-0.4, -0.2) is 46.4 Å². The zero-order chi connectivity index (χ0) is 13.8. The van der Waals surface area contributed by atoms with Gasteiger partial charge in [-0.05, 0) is 44.1 Å². The average Bonchev–Trinajstić information content (AvgIpc) is 3.18. The molecule has 0 saturated carbocycles. The second-order valence-corrected chi connectivity index (χ2v) is 5.83. The Morgan fingerprint density at radius 3 is 2.80 bits per heavy atom. The molecule has 5 nitrogen and oxygen atoms in total. The van der Waals surface area contributed by atoms with Gasteiger partial charge in [0.05, 0.1) is 0 Å². The summed E-state index contributed by atoms with van der Waals surface area (Å²) < 4.78 is 7.48. The Bertz CT molecular complexity index is 418. The lowest BCUT2D eigenvalue weighted by Crippen LogP contribution is -2.43. The van der Waals surface area contributed by atoms with E-state index >= 15 is 0 Å². The smallest absolute Gasteiger partial charge is 0.251 e. The van der Waals surface area contributed by atoms with Gasteiger partial charge in [-0.25, -0.2) is 0 Å². The van der Waals surface area contributed by atoms with Crippen LogP contribution in [0.2, 0.25) is 0 Å². The van der Waals surface area contributed by atoms with Crippen molar-refractivity contribution in [3.8, 4) is 0 Å². The molecule has 3 rings (SSSR count). The summed E-state index contributed by atoms with van der Waals surface area (Å²) in [5.41, 5.74) is 0. The minimum Gasteiger partial charge on any atom is -0.368 e. The summed E-state index contributed by atoms with van der Waals surface area (Å²) in [6.07, 6.45) is 8.98. The minimum absolute atomic E-state index is 0.157. The van der Waals surface area contributed by atoms with Crippen LogP contribution < -0.4 is 0 Å². The highest BCUT2D eigenvalue weighted by atomic mass is 16.5. The fourth-order valence-electron chi connectivity index (χ4n) is 3.17. The molecule has 1 atom stereocenters. The first-order valence-corrected chi connectivity index (χ1v) is 7.71. The standard InChI is InChI=1S/C15H23N3O2/c19-15(14-3-1-12-20-14)17-9-4-13(5-10-17)6-11-18-8-2-7-16-18/h2,7-8,13-14H,1,3-6,9-12H2. The Balaban J connectivity index is 1.41. The molecule has 1 aromatic heterocycles. The molecule has 3 heterocycles. The van der Waals surface area contributed by atoms with Gasteiger partial charge in [0.15, 0.2) is 0 Å². The van der Waals surface area contributed by atoms with Crippen molar-refractivity contribution < 1.29 is 9.53 Å². The van der Waals surface area contributed by atoms with Gasteiger partial charge in [0.2, 0.25) is 0 Å². The van der Waals surface area contributed by atoms with Crippen molar-refractivity contribution in [1.82, 2.24) is 14.7 Å². The van der Waals surface area contributed by atoms with Gasteiger partial charge in [0.25, 0.3) is 5.91 Å². The number of ether oxygens (including phenoxy) is 1. The summed E-state index contributed by atoms with van der Waals surface area (Å²) in [4.78, 5) is 14.2. The van der Waals surface area contributed by atoms with Crippen LogP contribution >= 0.6 is 0 Å². The highest BCUT2D eigenvalue weighted by Crippen LogP contribution is 2.23. The molecule has 0 spiro atoms. The van der Waals surface area contributed by atoms with Crippen LogP contribution in [0.4, 0.5) is 0 Å². The molecule has 20 heavy (non-hydrogen) atoms. The first-order valence-electron chi connectivity index (χ1n) is 7.71. The molecule has 0 bridgehead atoms. The molecule has 0 aromatic carbocycles. The first kappa shape index (κ1) is 13.6. The van der Waals surface area contributed by atoms with E-state index in [1.165, 1.54) is 0 Å². The number of aromatic nitrogens is 2. The molecule has 2 aliphatic rings. The Labute approximate surface area is 119 Å². The van der Waals surface area contributed by atoms with E-state index in [1.54, 1.807) is 0 Å². The molecule has 2 aliphatic heterocycles. The number of aryl methyl sites for hydroxylation is 1. The van der Waals surface area contributed by atoms with Crippen LogP contribution in [0, 0.1) is 5.92 Å². The second-order valence-electron chi connectivity index (χ2n) is 5.83. The lowest BCUT2D eigenvalue weighted by Gasteiger charge is -2.33. The van der Waals surface area contributed by atoms with E-state index in [1.807, 2.05) is 28.0 Å². The highest BCUT2D eigenvalue weighted by Gasteiger charge is 2.30. The fraction of sp³-hybridized carbons (Fsp3) is 0.733. The second kappa shape index (κ2) is 6.39. The fourth-order valence-corrected chi connectivity index (χ4v) is 3.17. The maximum atomic E-state index is 12.2.